The predicted octanol–water partition coefficient (Wildman–Crippen LogP) is 11.5. The van der Waals surface area contributed by atoms with E-state index in [9.17, 15) is 0 Å². The van der Waals surface area contributed by atoms with Gasteiger partial charge in [-0.3, -0.25) is 0 Å². The van der Waals surface area contributed by atoms with E-state index in [2.05, 4.69) is 158 Å². The zero-order valence-electron chi connectivity index (χ0n) is 23.0. The third-order valence-electron chi connectivity index (χ3n) is 9.02. The molecular weight excluding hydrogens is 504 g/mol. The maximum Gasteiger partial charge on any atom is -0.00199 e. The first kappa shape index (κ1) is 23.3. The first-order valence-corrected chi connectivity index (χ1v) is 14.6. The minimum absolute atomic E-state index is 1.27. The summed E-state index contributed by atoms with van der Waals surface area (Å²) in [7, 11) is 0. The second-order valence-corrected chi connectivity index (χ2v) is 11.2. The number of rotatable bonds is 2. The Morgan fingerprint density at radius 1 is 0.310 bits per heavy atom. The molecule has 0 aliphatic heterocycles. The summed E-state index contributed by atoms with van der Waals surface area (Å²) in [6.07, 6.45) is 2.44. The minimum atomic E-state index is 1.27. The topological polar surface area (TPSA) is 0 Å². The minimum Gasteiger partial charge on any atom is -0.0616 e. The highest BCUT2D eigenvalue weighted by molar-refractivity contribution is 6.24. The van der Waals surface area contributed by atoms with Gasteiger partial charge in [0.25, 0.3) is 0 Å². The van der Waals surface area contributed by atoms with Crippen molar-refractivity contribution in [2.75, 3.05) is 0 Å². The number of fused-ring (bicyclic) bond motifs is 8. The van der Waals surface area contributed by atoms with E-state index < -0.39 is 0 Å². The lowest BCUT2D eigenvalue weighted by molar-refractivity contribution is 1.65. The van der Waals surface area contributed by atoms with Crippen molar-refractivity contribution in [3.63, 3.8) is 0 Å². The molecule has 0 heterocycles. The molecule has 0 nitrogen and oxygen atoms in total. The van der Waals surface area contributed by atoms with E-state index in [4.69, 9.17) is 0 Å². The molecule has 42 heavy (non-hydrogen) atoms. The average Bonchev–Trinajstić information content (AvgIpc) is 3.38. The fourth-order valence-electron chi connectivity index (χ4n) is 7.22. The number of benzene rings is 8. The Morgan fingerprint density at radius 2 is 0.738 bits per heavy atom. The van der Waals surface area contributed by atoms with Gasteiger partial charge in [-0.1, -0.05) is 146 Å². The highest BCUT2D eigenvalue weighted by Gasteiger charge is 2.24. The average molecular weight is 531 g/mol. The van der Waals surface area contributed by atoms with Crippen molar-refractivity contribution in [3.8, 4) is 22.3 Å². The third-order valence-corrected chi connectivity index (χ3v) is 9.02. The van der Waals surface area contributed by atoms with E-state index in [1.165, 1.54) is 87.6 Å². The molecule has 0 aromatic heterocycles. The van der Waals surface area contributed by atoms with Gasteiger partial charge in [0.15, 0.2) is 0 Å². The SMILES string of the molecule is C(=C1c2ccccc2-c2ccccc21)c1c2ccccc2c(-c2cc3ccccc3c3ccccc23)c2ccccc12. The van der Waals surface area contributed by atoms with E-state index in [0.717, 1.165) is 0 Å². The Kier molecular flexibility index (Phi) is 5.00. The van der Waals surface area contributed by atoms with Crippen molar-refractivity contribution in [3.05, 3.63) is 168 Å². The molecule has 9 rings (SSSR count). The molecule has 0 saturated heterocycles. The molecule has 8 aromatic rings. The van der Waals surface area contributed by atoms with E-state index in [1.54, 1.807) is 0 Å². The molecule has 1 aliphatic carbocycles. The Balaban J connectivity index is 1.42. The van der Waals surface area contributed by atoms with Crippen LogP contribution in [0.15, 0.2) is 152 Å². The van der Waals surface area contributed by atoms with Crippen LogP contribution in [0.2, 0.25) is 0 Å². The molecule has 0 atom stereocenters. The summed E-state index contributed by atoms with van der Waals surface area (Å²) >= 11 is 0. The Hall–Kier alpha value is -5.46. The van der Waals surface area contributed by atoms with Crippen molar-refractivity contribution < 1.29 is 0 Å². The van der Waals surface area contributed by atoms with Crippen LogP contribution < -0.4 is 0 Å². The van der Waals surface area contributed by atoms with Gasteiger partial charge in [-0.15, -0.1) is 0 Å². The summed E-state index contributed by atoms with van der Waals surface area (Å²) < 4.78 is 0. The van der Waals surface area contributed by atoms with Gasteiger partial charge in [-0.2, -0.15) is 0 Å². The van der Waals surface area contributed by atoms with Gasteiger partial charge in [-0.05, 0) is 99.7 Å². The Bertz CT molecular complexity index is 2300. The maximum absolute atomic E-state index is 2.44. The first-order chi connectivity index (χ1) is 20.9. The standard InChI is InChI=1S/C42H26/c1-2-14-28-27(13-1)25-41(34-20-8-3-15-29(28)34)42-37-23-11-9-21-35(37)40(36-22-10-12-24-38(36)42)26-39-32-18-6-4-16-30(32)31-17-5-7-19-33(31)39/h1-26H. The smallest absolute Gasteiger partial charge is 0.00199 e. The molecular formula is C42H26. The van der Waals surface area contributed by atoms with Crippen molar-refractivity contribution in [1.82, 2.24) is 0 Å². The van der Waals surface area contributed by atoms with Crippen LogP contribution in [0.4, 0.5) is 0 Å². The molecule has 0 radical (unpaired) electrons. The van der Waals surface area contributed by atoms with Crippen molar-refractivity contribution >= 4 is 54.7 Å². The second-order valence-electron chi connectivity index (χ2n) is 11.2. The predicted molar refractivity (Wildman–Crippen MR) is 181 cm³/mol. The number of hydrogen-bond acceptors (Lipinski definition) is 0. The molecule has 0 saturated carbocycles. The molecule has 0 N–H and O–H groups in total. The van der Waals surface area contributed by atoms with Crippen LogP contribution in [-0.2, 0) is 0 Å². The molecule has 0 amide bonds. The second kappa shape index (κ2) is 9.03. The zero-order chi connectivity index (χ0) is 27.6. The molecule has 8 aromatic carbocycles. The largest absolute Gasteiger partial charge is 0.0616 e. The van der Waals surface area contributed by atoms with Crippen LogP contribution in [0.25, 0.3) is 77.0 Å². The normalized spacial score (nSPS) is 12.2. The third kappa shape index (κ3) is 3.30. The summed E-state index contributed by atoms with van der Waals surface area (Å²) in [5, 5.41) is 10.3. The molecule has 0 spiro atoms. The fourth-order valence-corrected chi connectivity index (χ4v) is 7.22. The highest BCUT2D eigenvalue weighted by atomic mass is 14.3. The summed E-state index contributed by atoms with van der Waals surface area (Å²) in [6, 6.07) is 55.6. The molecule has 0 heteroatoms. The van der Waals surface area contributed by atoms with Crippen LogP contribution >= 0.6 is 0 Å². The summed E-state index contributed by atoms with van der Waals surface area (Å²) in [6.45, 7) is 0. The zero-order valence-corrected chi connectivity index (χ0v) is 23.0. The fraction of sp³-hybridized carbons (Fsp3) is 0. The van der Waals surface area contributed by atoms with Crippen LogP contribution in [0.3, 0.4) is 0 Å². The molecule has 194 valence electrons. The Morgan fingerprint density at radius 3 is 1.33 bits per heavy atom. The molecule has 0 fully saturated rings. The van der Waals surface area contributed by atoms with Gasteiger partial charge in [0.1, 0.15) is 0 Å². The van der Waals surface area contributed by atoms with Gasteiger partial charge in [0.2, 0.25) is 0 Å². The van der Waals surface area contributed by atoms with Crippen LogP contribution in [0.1, 0.15) is 16.7 Å². The summed E-state index contributed by atoms with van der Waals surface area (Å²) in [4.78, 5) is 0. The quantitative estimate of drug-likeness (QED) is 0.154. The first-order valence-electron chi connectivity index (χ1n) is 14.6. The lowest BCUT2D eigenvalue weighted by atomic mass is 9.84. The van der Waals surface area contributed by atoms with Crippen LogP contribution in [-0.4, -0.2) is 0 Å². The summed E-state index contributed by atoms with van der Waals surface area (Å²) in [5.41, 5.74) is 10.4. The molecule has 0 bridgehead atoms. The van der Waals surface area contributed by atoms with Crippen molar-refractivity contribution in [2.45, 2.75) is 0 Å². The van der Waals surface area contributed by atoms with Gasteiger partial charge in [0.05, 0.1) is 0 Å². The summed E-state index contributed by atoms with van der Waals surface area (Å²) in [5.74, 6) is 0. The molecule has 0 unspecified atom stereocenters. The van der Waals surface area contributed by atoms with Crippen molar-refractivity contribution in [1.29, 1.82) is 0 Å². The van der Waals surface area contributed by atoms with E-state index >= 15 is 0 Å². The van der Waals surface area contributed by atoms with E-state index in [0.29, 0.717) is 0 Å². The van der Waals surface area contributed by atoms with Crippen molar-refractivity contribution in [2.24, 2.45) is 0 Å². The van der Waals surface area contributed by atoms with E-state index in [1.807, 2.05) is 0 Å². The van der Waals surface area contributed by atoms with Crippen LogP contribution in [0, 0.1) is 0 Å². The van der Waals surface area contributed by atoms with Gasteiger partial charge in [-0.25, -0.2) is 0 Å². The maximum atomic E-state index is 2.44. The van der Waals surface area contributed by atoms with Gasteiger partial charge in [0, 0.05) is 0 Å². The lowest BCUT2D eigenvalue weighted by Crippen LogP contribution is -1.92. The van der Waals surface area contributed by atoms with Crippen LogP contribution in [0.5, 0.6) is 0 Å². The van der Waals surface area contributed by atoms with Gasteiger partial charge < -0.3 is 0 Å². The number of hydrogen-bond donors (Lipinski definition) is 0. The van der Waals surface area contributed by atoms with Gasteiger partial charge >= 0.3 is 0 Å². The Labute approximate surface area is 244 Å². The molecule has 1 aliphatic rings. The monoisotopic (exact) mass is 530 g/mol. The lowest BCUT2D eigenvalue weighted by Gasteiger charge is -2.18. The van der Waals surface area contributed by atoms with E-state index in [-0.39, 0.29) is 0 Å². The highest BCUT2D eigenvalue weighted by Crippen LogP contribution is 2.48.